The molecule has 2 heterocycles. The first-order chi connectivity index (χ1) is 12.1. The van der Waals surface area contributed by atoms with E-state index in [0.717, 1.165) is 46.8 Å². The van der Waals surface area contributed by atoms with E-state index in [2.05, 4.69) is 26.1 Å². The summed E-state index contributed by atoms with van der Waals surface area (Å²) in [6.45, 7) is 6.40. The lowest BCUT2D eigenvalue weighted by atomic mass is 9.95. The molecule has 2 aromatic rings. The Morgan fingerprint density at radius 3 is 2.72 bits per heavy atom. The van der Waals surface area contributed by atoms with Crippen LogP contribution in [0.2, 0.25) is 0 Å². The maximum atomic E-state index is 12.3. The zero-order valence-corrected chi connectivity index (χ0v) is 17.0. The van der Waals surface area contributed by atoms with Crippen LogP contribution in [0.5, 0.6) is 0 Å². The third-order valence-corrected chi connectivity index (χ3v) is 6.90. The Morgan fingerprint density at radius 2 is 2.00 bits per heavy atom. The number of hydrogen-bond donors (Lipinski definition) is 1. The Kier molecular flexibility index (Phi) is 6.34. The molecular formula is C19H27N3OS2. The van der Waals surface area contributed by atoms with Gasteiger partial charge in [0, 0.05) is 22.7 Å². The van der Waals surface area contributed by atoms with E-state index < -0.39 is 0 Å². The quantitative estimate of drug-likeness (QED) is 0.580. The topological polar surface area (TPSA) is 54.9 Å². The van der Waals surface area contributed by atoms with Gasteiger partial charge in [-0.1, -0.05) is 37.9 Å². The van der Waals surface area contributed by atoms with E-state index in [0.29, 0.717) is 11.8 Å². The van der Waals surface area contributed by atoms with Crippen LogP contribution in [-0.4, -0.2) is 27.7 Å². The summed E-state index contributed by atoms with van der Waals surface area (Å²) in [5.74, 6) is 1.46. The second-order valence-electron chi connectivity index (χ2n) is 6.85. The van der Waals surface area contributed by atoms with Crippen LogP contribution in [0.25, 0.3) is 10.2 Å². The summed E-state index contributed by atoms with van der Waals surface area (Å²) in [5, 5.41) is 5.30. The normalized spacial score (nSPS) is 15.6. The average Bonchev–Trinajstić information content (AvgIpc) is 2.88. The number of aromatic nitrogens is 2. The molecule has 136 valence electrons. The largest absolute Gasteiger partial charge is 0.353 e. The van der Waals surface area contributed by atoms with E-state index >= 15 is 0 Å². The van der Waals surface area contributed by atoms with Gasteiger partial charge in [-0.3, -0.25) is 4.79 Å². The first-order valence-electron chi connectivity index (χ1n) is 9.27. The van der Waals surface area contributed by atoms with Crippen molar-refractivity contribution in [3.63, 3.8) is 0 Å². The maximum Gasteiger partial charge on any atom is 0.230 e. The smallest absolute Gasteiger partial charge is 0.230 e. The molecule has 6 heteroatoms. The van der Waals surface area contributed by atoms with E-state index in [-0.39, 0.29) is 5.91 Å². The van der Waals surface area contributed by atoms with Crippen molar-refractivity contribution < 1.29 is 4.79 Å². The summed E-state index contributed by atoms with van der Waals surface area (Å²) in [6, 6.07) is 0.369. The third-order valence-electron chi connectivity index (χ3n) is 4.83. The second kappa shape index (κ2) is 8.49. The van der Waals surface area contributed by atoms with Gasteiger partial charge in [0.25, 0.3) is 0 Å². The zero-order valence-electron chi connectivity index (χ0n) is 15.4. The lowest BCUT2D eigenvalue weighted by Gasteiger charge is -2.22. The van der Waals surface area contributed by atoms with Gasteiger partial charge < -0.3 is 5.32 Å². The van der Waals surface area contributed by atoms with Crippen LogP contribution in [0, 0.1) is 13.8 Å². The molecule has 0 spiro atoms. The molecular weight excluding hydrogens is 350 g/mol. The lowest BCUT2D eigenvalue weighted by Crippen LogP contribution is -2.37. The molecule has 2 aromatic heterocycles. The first kappa shape index (κ1) is 18.6. The molecule has 1 amide bonds. The van der Waals surface area contributed by atoms with Gasteiger partial charge in [0.1, 0.15) is 15.7 Å². The van der Waals surface area contributed by atoms with Gasteiger partial charge in [-0.05, 0) is 38.7 Å². The maximum absolute atomic E-state index is 12.3. The van der Waals surface area contributed by atoms with Crippen molar-refractivity contribution in [1.82, 2.24) is 15.3 Å². The summed E-state index contributed by atoms with van der Waals surface area (Å²) >= 11 is 3.29. The van der Waals surface area contributed by atoms with Gasteiger partial charge in [0.2, 0.25) is 5.91 Å². The molecule has 0 aliphatic heterocycles. The fourth-order valence-electron chi connectivity index (χ4n) is 3.34. The zero-order chi connectivity index (χ0) is 17.8. The SMILES string of the molecule is CCCc1nc(SCC(=O)NC2CCCCC2)c2c(C)c(C)sc2n1. The monoisotopic (exact) mass is 377 g/mol. The molecule has 1 N–H and O–H groups in total. The highest BCUT2D eigenvalue weighted by molar-refractivity contribution is 8.00. The number of hydrogen-bond acceptors (Lipinski definition) is 5. The van der Waals surface area contributed by atoms with E-state index in [4.69, 9.17) is 9.97 Å². The molecule has 0 atom stereocenters. The Hall–Kier alpha value is -1.14. The molecule has 3 rings (SSSR count). The minimum atomic E-state index is 0.130. The number of amides is 1. The number of nitrogens with one attached hydrogen (secondary N) is 1. The fraction of sp³-hybridized carbons (Fsp3) is 0.632. The molecule has 4 nitrogen and oxygen atoms in total. The number of rotatable bonds is 6. The first-order valence-corrected chi connectivity index (χ1v) is 11.1. The second-order valence-corrected chi connectivity index (χ2v) is 9.02. The van der Waals surface area contributed by atoms with Crippen LogP contribution in [0.4, 0.5) is 0 Å². The van der Waals surface area contributed by atoms with Crippen LogP contribution >= 0.6 is 23.1 Å². The molecule has 0 bridgehead atoms. The lowest BCUT2D eigenvalue weighted by molar-refractivity contribution is -0.119. The summed E-state index contributed by atoms with van der Waals surface area (Å²) in [7, 11) is 0. The van der Waals surface area contributed by atoms with E-state index in [1.54, 1.807) is 23.1 Å². The molecule has 0 radical (unpaired) electrons. The van der Waals surface area contributed by atoms with Crippen LogP contribution in [-0.2, 0) is 11.2 Å². The summed E-state index contributed by atoms with van der Waals surface area (Å²) in [6.07, 6.45) is 7.93. The fourth-order valence-corrected chi connectivity index (χ4v) is 5.37. The Labute approximate surface area is 158 Å². The summed E-state index contributed by atoms with van der Waals surface area (Å²) in [5.41, 5.74) is 1.25. The van der Waals surface area contributed by atoms with E-state index in [9.17, 15) is 4.79 Å². The molecule has 1 saturated carbocycles. The summed E-state index contributed by atoms with van der Waals surface area (Å²) in [4.78, 5) is 24.2. The predicted molar refractivity (Wildman–Crippen MR) is 107 cm³/mol. The van der Waals surface area contributed by atoms with Gasteiger partial charge in [-0.2, -0.15) is 0 Å². The minimum Gasteiger partial charge on any atom is -0.353 e. The molecule has 0 saturated heterocycles. The number of carbonyl (C=O) groups is 1. The Balaban J connectivity index is 1.73. The highest BCUT2D eigenvalue weighted by atomic mass is 32.2. The van der Waals surface area contributed by atoms with Crippen LogP contribution < -0.4 is 5.32 Å². The molecule has 1 fully saturated rings. The van der Waals surface area contributed by atoms with Crippen molar-refractivity contribution in [1.29, 1.82) is 0 Å². The summed E-state index contributed by atoms with van der Waals surface area (Å²) < 4.78 is 0. The molecule has 25 heavy (non-hydrogen) atoms. The minimum absolute atomic E-state index is 0.130. The number of thiophene rings is 1. The highest BCUT2D eigenvalue weighted by Gasteiger charge is 2.18. The van der Waals surface area contributed by atoms with E-state index in [1.807, 2.05) is 0 Å². The van der Waals surface area contributed by atoms with Crippen molar-refractivity contribution in [3.05, 3.63) is 16.3 Å². The van der Waals surface area contributed by atoms with Crippen molar-refractivity contribution in [3.8, 4) is 0 Å². The van der Waals surface area contributed by atoms with Crippen molar-refractivity contribution in [2.45, 2.75) is 76.8 Å². The van der Waals surface area contributed by atoms with Crippen LogP contribution in [0.1, 0.15) is 61.7 Å². The van der Waals surface area contributed by atoms with Crippen LogP contribution in [0.15, 0.2) is 5.03 Å². The predicted octanol–water partition coefficient (Wildman–Crippen LogP) is 4.80. The third kappa shape index (κ3) is 4.53. The number of nitrogens with zero attached hydrogens (tertiary/aromatic N) is 2. The van der Waals surface area contributed by atoms with Crippen LogP contribution in [0.3, 0.4) is 0 Å². The van der Waals surface area contributed by atoms with E-state index in [1.165, 1.54) is 29.7 Å². The molecule has 0 unspecified atom stereocenters. The van der Waals surface area contributed by atoms with Crippen molar-refractivity contribution in [2.24, 2.45) is 0 Å². The number of aryl methyl sites for hydroxylation is 3. The molecule has 1 aliphatic rings. The van der Waals surface area contributed by atoms with Gasteiger partial charge in [-0.25, -0.2) is 9.97 Å². The molecule has 1 aliphatic carbocycles. The van der Waals surface area contributed by atoms with Gasteiger partial charge in [-0.15, -0.1) is 11.3 Å². The number of thioether (sulfide) groups is 1. The van der Waals surface area contributed by atoms with Gasteiger partial charge >= 0.3 is 0 Å². The number of fused-ring (bicyclic) bond motifs is 1. The highest BCUT2D eigenvalue weighted by Crippen LogP contribution is 2.35. The average molecular weight is 378 g/mol. The Bertz CT molecular complexity index is 751. The van der Waals surface area contributed by atoms with Gasteiger partial charge in [0.15, 0.2) is 0 Å². The van der Waals surface area contributed by atoms with Crippen molar-refractivity contribution in [2.75, 3.05) is 5.75 Å². The van der Waals surface area contributed by atoms with Gasteiger partial charge in [0.05, 0.1) is 5.75 Å². The number of carbonyl (C=O) groups excluding carboxylic acids is 1. The van der Waals surface area contributed by atoms with Crippen molar-refractivity contribution >= 4 is 39.2 Å². The Morgan fingerprint density at radius 1 is 1.24 bits per heavy atom. The molecule has 0 aromatic carbocycles. The standard InChI is InChI=1S/C19H27N3OS2/c1-4-8-15-21-18(17-12(2)13(3)25-19(17)22-15)24-11-16(23)20-14-9-6-5-7-10-14/h14H,4-11H2,1-3H3,(H,20,23).